The molecule has 1 N–H and O–H groups in total. The zero-order valence-corrected chi connectivity index (χ0v) is 15.3. The Labute approximate surface area is 150 Å². The molecule has 9 heteroatoms. The molecule has 0 spiro atoms. The minimum absolute atomic E-state index is 0.0283. The molecule has 0 unspecified atom stereocenters. The van der Waals surface area contributed by atoms with Gasteiger partial charge >= 0.3 is 0 Å². The van der Waals surface area contributed by atoms with E-state index in [0.29, 0.717) is 0 Å². The van der Waals surface area contributed by atoms with Crippen LogP contribution in [0.25, 0.3) is 0 Å². The highest BCUT2D eigenvalue weighted by atomic mass is 35.5. The van der Waals surface area contributed by atoms with E-state index in [9.17, 15) is 17.6 Å². The Balaban J connectivity index is 2.43. The number of carbonyl (C=O) groups excluding carboxylic acids is 1. The molecule has 134 valence electrons. The number of amides is 1. The third-order valence-electron chi connectivity index (χ3n) is 3.38. The van der Waals surface area contributed by atoms with Crippen LogP contribution in [0.15, 0.2) is 41.3 Å². The molecule has 0 aliphatic rings. The van der Waals surface area contributed by atoms with Gasteiger partial charge in [-0.15, -0.1) is 0 Å². The summed E-state index contributed by atoms with van der Waals surface area (Å²) in [6.07, 6.45) is 0. The van der Waals surface area contributed by atoms with Gasteiger partial charge < -0.3 is 10.1 Å². The molecule has 6 nitrogen and oxygen atoms in total. The van der Waals surface area contributed by atoms with E-state index in [0.717, 1.165) is 4.31 Å². The molecular weight excluding hydrogens is 371 g/mol. The number of methoxy groups -OCH3 is 1. The van der Waals surface area contributed by atoms with Gasteiger partial charge in [-0.2, -0.15) is 0 Å². The van der Waals surface area contributed by atoms with Gasteiger partial charge in [0.15, 0.2) is 5.82 Å². The first-order valence-electron chi connectivity index (χ1n) is 7.04. The van der Waals surface area contributed by atoms with Gasteiger partial charge in [0.2, 0.25) is 10.0 Å². The van der Waals surface area contributed by atoms with Crippen molar-refractivity contribution in [2.45, 2.75) is 4.90 Å². The number of nitrogens with one attached hydrogen (secondary N) is 1. The fourth-order valence-electron chi connectivity index (χ4n) is 2.01. The Bertz CT molecular complexity index is 916. The number of benzene rings is 2. The molecule has 0 atom stereocenters. The zero-order chi connectivity index (χ0) is 18.8. The lowest BCUT2D eigenvalue weighted by molar-refractivity contribution is 0.102. The molecule has 0 radical (unpaired) electrons. The molecule has 0 heterocycles. The highest BCUT2D eigenvalue weighted by Gasteiger charge is 2.24. The SMILES string of the molecule is COc1ccc(C(=O)Nc2cccc(Cl)c2F)cc1S(=O)(=O)N(C)C. The number of halogens is 2. The van der Waals surface area contributed by atoms with Gasteiger partial charge in [0.05, 0.1) is 17.8 Å². The topological polar surface area (TPSA) is 75.7 Å². The molecule has 0 fully saturated rings. The first-order chi connectivity index (χ1) is 11.7. The molecule has 2 aromatic carbocycles. The largest absolute Gasteiger partial charge is 0.495 e. The molecule has 1 amide bonds. The predicted molar refractivity (Wildman–Crippen MR) is 93.2 cm³/mol. The van der Waals surface area contributed by atoms with E-state index in [1.165, 1.54) is 57.6 Å². The van der Waals surface area contributed by atoms with E-state index in [1.807, 2.05) is 0 Å². The van der Waals surface area contributed by atoms with Crippen LogP contribution in [0.4, 0.5) is 10.1 Å². The quantitative estimate of drug-likeness (QED) is 0.857. The maximum absolute atomic E-state index is 13.9. The molecule has 0 bridgehead atoms. The Hall–Kier alpha value is -2.16. The normalized spacial score (nSPS) is 11.4. The van der Waals surface area contributed by atoms with Crippen LogP contribution < -0.4 is 10.1 Å². The lowest BCUT2D eigenvalue weighted by Gasteiger charge is -2.15. The summed E-state index contributed by atoms with van der Waals surface area (Å²) < 4.78 is 44.7. The van der Waals surface area contributed by atoms with Crippen LogP contribution in [-0.2, 0) is 10.0 Å². The van der Waals surface area contributed by atoms with Crippen LogP contribution in [0.1, 0.15) is 10.4 Å². The van der Waals surface area contributed by atoms with Gasteiger partial charge in [-0.25, -0.2) is 17.1 Å². The van der Waals surface area contributed by atoms with Crippen molar-refractivity contribution in [3.63, 3.8) is 0 Å². The summed E-state index contributed by atoms with van der Waals surface area (Å²) in [5, 5.41) is 2.23. The second kappa shape index (κ2) is 7.38. The monoisotopic (exact) mass is 386 g/mol. The Kier molecular flexibility index (Phi) is 5.66. The van der Waals surface area contributed by atoms with Crippen molar-refractivity contribution in [3.05, 3.63) is 52.8 Å². The second-order valence-corrected chi connectivity index (χ2v) is 7.74. The number of hydrogen-bond donors (Lipinski definition) is 1. The number of hydrogen-bond acceptors (Lipinski definition) is 4. The van der Waals surface area contributed by atoms with Gasteiger partial charge in [-0.05, 0) is 30.3 Å². The number of sulfonamides is 1. The van der Waals surface area contributed by atoms with E-state index in [2.05, 4.69) is 5.32 Å². The van der Waals surface area contributed by atoms with E-state index >= 15 is 0 Å². The Morgan fingerprint density at radius 1 is 1.24 bits per heavy atom. The first-order valence-corrected chi connectivity index (χ1v) is 8.86. The van der Waals surface area contributed by atoms with Gasteiger partial charge in [-0.3, -0.25) is 4.79 Å². The maximum Gasteiger partial charge on any atom is 0.255 e. The van der Waals surface area contributed by atoms with Gasteiger partial charge in [0.25, 0.3) is 5.91 Å². The summed E-state index contributed by atoms with van der Waals surface area (Å²) in [6.45, 7) is 0. The molecule has 2 rings (SSSR count). The molecule has 0 aliphatic heterocycles. The van der Waals surface area contributed by atoms with Crippen LogP contribution in [-0.4, -0.2) is 39.8 Å². The Morgan fingerprint density at radius 3 is 2.52 bits per heavy atom. The summed E-state index contributed by atoms with van der Waals surface area (Å²) in [5.41, 5.74) is -0.0778. The summed E-state index contributed by atoms with van der Waals surface area (Å²) in [5.74, 6) is -1.36. The summed E-state index contributed by atoms with van der Waals surface area (Å²) in [6, 6.07) is 8.09. The zero-order valence-electron chi connectivity index (χ0n) is 13.7. The number of rotatable bonds is 5. The van der Waals surface area contributed by atoms with Crippen molar-refractivity contribution < 1.29 is 22.3 Å². The van der Waals surface area contributed by atoms with Crippen molar-refractivity contribution in [2.75, 3.05) is 26.5 Å². The minimum Gasteiger partial charge on any atom is -0.495 e. The van der Waals surface area contributed by atoms with Gasteiger partial charge in [-0.1, -0.05) is 17.7 Å². The van der Waals surface area contributed by atoms with Crippen molar-refractivity contribution in [3.8, 4) is 5.75 Å². The minimum atomic E-state index is -3.83. The van der Waals surface area contributed by atoms with Crippen molar-refractivity contribution >= 4 is 33.2 Å². The van der Waals surface area contributed by atoms with Crippen LogP contribution >= 0.6 is 11.6 Å². The lowest BCUT2D eigenvalue weighted by atomic mass is 10.2. The molecule has 0 saturated carbocycles. The highest BCUT2D eigenvalue weighted by Crippen LogP contribution is 2.28. The summed E-state index contributed by atoms with van der Waals surface area (Å²) in [4.78, 5) is 12.2. The van der Waals surface area contributed by atoms with Crippen molar-refractivity contribution in [2.24, 2.45) is 0 Å². The first kappa shape index (κ1) is 19.2. The Morgan fingerprint density at radius 2 is 1.92 bits per heavy atom. The van der Waals surface area contributed by atoms with Crippen LogP contribution in [0.2, 0.25) is 5.02 Å². The summed E-state index contributed by atoms with van der Waals surface area (Å²) >= 11 is 5.68. The van der Waals surface area contributed by atoms with Crippen molar-refractivity contribution in [1.82, 2.24) is 4.31 Å². The molecule has 25 heavy (non-hydrogen) atoms. The third-order valence-corrected chi connectivity index (χ3v) is 5.51. The predicted octanol–water partition coefficient (Wildman–Crippen LogP) is 2.99. The van der Waals surface area contributed by atoms with Gasteiger partial charge in [0, 0.05) is 19.7 Å². The van der Waals surface area contributed by atoms with Crippen LogP contribution in [0.5, 0.6) is 5.75 Å². The smallest absolute Gasteiger partial charge is 0.255 e. The van der Waals surface area contributed by atoms with Crippen LogP contribution in [0.3, 0.4) is 0 Å². The van der Waals surface area contributed by atoms with E-state index < -0.39 is 21.7 Å². The molecule has 0 aliphatic carbocycles. The molecule has 0 saturated heterocycles. The number of carbonyl (C=O) groups is 1. The fraction of sp³-hybridized carbons (Fsp3) is 0.188. The number of nitrogens with zero attached hydrogens (tertiary/aromatic N) is 1. The third kappa shape index (κ3) is 3.92. The second-order valence-electron chi connectivity index (χ2n) is 5.21. The average molecular weight is 387 g/mol. The van der Waals surface area contributed by atoms with E-state index in [-0.39, 0.29) is 26.9 Å². The van der Waals surface area contributed by atoms with Crippen LogP contribution in [0, 0.1) is 5.82 Å². The molecule has 0 aromatic heterocycles. The molecule has 2 aromatic rings. The summed E-state index contributed by atoms with van der Waals surface area (Å²) in [7, 11) is 0.222. The van der Waals surface area contributed by atoms with E-state index in [4.69, 9.17) is 16.3 Å². The average Bonchev–Trinajstić information content (AvgIpc) is 2.58. The lowest BCUT2D eigenvalue weighted by Crippen LogP contribution is -2.23. The fourth-order valence-corrected chi connectivity index (χ4v) is 3.26. The number of ether oxygens (including phenoxy) is 1. The standard InChI is InChI=1S/C16H16ClFN2O4S/c1-20(2)25(22,23)14-9-10(7-8-13(14)24-3)16(21)19-12-6-4-5-11(17)15(12)18/h4-9H,1-3H3,(H,19,21). The maximum atomic E-state index is 13.9. The van der Waals surface area contributed by atoms with E-state index in [1.54, 1.807) is 0 Å². The molecular formula is C16H16ClFN2O4S. The van der Waals surface area contributed by atoms with Crippen molar-refractivity contribution in [1.29, 1.82) is 0 Å². The van der Waals surface area contributed by atoms with Gasteiger partial charge in [0.1, 0.15) is 10.6 Å². The number of anilines is 1. The highest BCUT2D eigenvalue weighted by molar-refractivity contribution is 7.89.